The van der Waals surface area contributed by atoms with Crippen LogP contribution in [-0.2, 0) is 17.9 Å². The minimum Gasteiger partial charge on any atom is -0.399 e. The van der Waals surface area contributed by atoms with Crippen molar-refractivity contribution in [2.24, 2.45) is 0 Å². The first-order chi connectivity index (χ1) is 11.0. The number of nitrogens with zero attached hydrogens (tertiary/aromatic N) is 2. The van der Waals surface area contributed by atoms with Crippen molar-refractivity contribution in [1.82, 2.24) is 4.90 Å². The fourth-order valence-corrected chi connectivity index (χ4v) is 2.63. The van der Waals surface area contributed by atoms with Crippen LogP contribution in [0.2, 0.25) is 0 Å². The molecule has 4 nitrogen and oxygen atoms in total. The van der Waals surface area contributed by atoms with E-state index in [1.54, 1.807) is 0 Å². The van der Waals surface area contributed by atoms with Crippen molar-refractivity contribution in [2.45, 2.75) is 26.4 Å². The lowest BCUT2D eigenvalue weighted by Crippen LogP contribution is -2.30. The molecule has 0 saturated heterocycles. The Morgan fingerprint density at radius 3 is 2.35 bits per heavy atom. The number of hydrogen-bond acceptors (Lipinski definition) is 3. The minimum absolute atomic E-state index is 0.140. The molecule has 0 fully saturated rings. The van der Waals surface area contributed by atoms with Gasteiger partial charge < -0.3 is 15.5 Å². The van der Waals surface area contributed by atoms with Crippen LogP contribution in [0.5, 0.6) is 0 Å². The van der Waals surface area contributed by atoms with Crippen molar-refractivity contribution in [3.8, 4) is 0 Å². The predicted molar refractivity (Wildman–Crippen MR) is 96.2 cm³/mol. The van der Waals surface area contributed by atoms with E-state index in [9.17, 15) is 4.79 Å². The molecule has 0 bridgehead atoms. The van der Waals surface area contributed by atoms with Crippen LogP contribution in [0.1, 0.15) is 24.5 Å². The van der Waals surface area contributed by atoms with E-state index in [-0.39, 0.29) is 5.91 Å². The summed E-state index contributed by atoms with van der Waals surface area (Å²) in [6.07, 6.45) is 0.493. The lowest BCUT2D eigenvalue weighted by atomic mass is 10.1. The lowest BCUT2D eigenvalue weighted by molar-refractivity contribution is -0.132. The molecule has 2 N–H and O–H groups in total. The molecular weight excluding hydrogens is 286 g/mol. The van der Waals surface area contributed by atoms with Gasteiger partial charge in [-0.25, -0.2) is 0 Å². The van der Waals surface area contributed by atoms with Gasteiger partial charge in [-0.1, -0.05) is 37.3 Å². The molecule has 1 amide bonds. The van der Waals surface area contributed by atoms with Crippen LogP contribution in [0.25, 0.3) is 0 Å². The molecule has 0 heterocycles. The molecule has 23 heavy (non-hydrogen) atoms. The Kier molecular flexibility index (Phi) is 5.63. The van der Waals surface area contributed by atoms with Gasteiger partial charge in [-0.05, 0) is 29.3 Å². The van der Waals surface area contributed by atoms with Gasteiger partial charge in [0.1, 0.15) is 0 Å². The maximum absolute atomic E-state index is 12.4. The quantitative estimate of drug-likeness (QED) is 0.833. The van der Waals surface area contributed by atoms with Crippen LogP contribution in [0.4, 0.5) is 11.4 Å². The molecule has 0 atom stereocenters. The molecule has 2 rings (SSSR count). The van der Waals surface area contributed by atoms with E-state index < -0.39 is 0 Å². The van der Waals surface area contributed by atoms with E-state index >= 15 is 0 Å². The Balaban J connectivity index is 2.28. The molecule has 0 spiro atoms. The second kappa shape index (κ2) is 7.68. The van der Waals surface area contributed by atoms with Crippen molar-refractivity contribution >= 4 is 17.3 Å². The highest BCUT2D eigenvalue weighted by atomic mass is 16.2. The number of carbonyl (C=O) groups is 1. The van der Waals surface area contributed by atoms with E-state index in [0.29, 0.717) is 25.2 Å². The summed E-state index contributed by atoms with van der Waals surface area (Å²) in [6, 6.07) is 15.9. The summed E-state index contributed by atoms with van der Waals surface area (Å²) in [4.78, 5) is 16.3. The van der Waals surface area contributed by atoms with Crippen molar-refractivity contribution in [2.75, 3.05) is 24.7 Å². The van der Waals surface area contributed by atoms with Crippen LogP contribution in [0.3, 0.4) is 0 Å². The number of nitrogens with two attached hydrogens (primary N) is 1. The molecule has 2 aromatic rings. The van der Waals surface area contributed by atoms with Gasteiger partial charge in [0.05, 0.1) is 0 Å². The van der Waals surface area contributed by atoms with E-state index in [2.05, 4.69) is 0 Å². The Hall–Kier alpha value is -2.49. The molecule has 4 heteroatoms. The summed E-state index contributed by atoms with van der Waals surface area (Å²) in [7, 11) is 4.00. The van der Waals surface area contributed by atoms with Gasteiger partial charge in [-0.15, -0.1) is 0 Å². The van der Waals surface area contributed by atoms with E-state index in [1.807, 2.05) is 79.3 Å². The maximum Gasteiger partial charge on any atom is 0.222 e. The number of rotatable bonds is 6. The van der Waals surface area contributed by atoms with Gasteiger partial charge in [0.15, 0.2) is 0 Å². The van der Waals surface area contributed by atoms with Gasteiger partial charge in [-0.2, -0.15) is 0 Å². The van der Waals surface area contributed by atoms with E-state index in [4.69, 9.17) is 5.73 Å². The third-order valence-corrected chi connectivity index (χ3v) is 3.82. The maximum atomic E-state index is 12.4. The average Bonchev–Trinajstić information content (AvgIpc) is 2.54. The second-order valence-corrected chi connectivity index (χ2v) is 5.87. The zero-order valence-corrected chi connectivity index (χ0v) is 14.1. The molecule has 0 saturated carbocycles. The molecule has 0 aliphatic heterocycles. The molecule has 122 valence electrons. The number of carbonyl (C=O) groups excluding carboxylic acids is 1. The second-order valence-electron chi connectivity index (χ2n) is 5.87. The van der Waals surface area contributed by atoms with Crippen LogP contribution in [0.15, 0.2) is 48.5 Å². The lowest BCUT2D eigenvalue weighted by Gasteiger charge is -2.26. The summed E-state index contributed by atoms with van der Waals surface area (Å²) in [5.41, 5.74) is 9.94. The molecular formula is C19H25N3O. The molecule has 2 aromatic carbocycles. The highest BCUT2D eigenvalue weighted by Crippen LogP contribution is 2.24. The third kappa shape index (κ3) is 4.49. The van der Waals surface area contributed by atoms with Gasteiger partial charge in [0.2, 0.25) is 5.91 Å². The first kappa shape index (κ1) is 16.9. The van der Waals surface area contributed by atoms with Crippen LogP contribution < -0.4 is 10.6 Å². The molecule has 0 aliphatic carbocycles. The van der Waals surface area contributed by atoms with Gasteiger partial charge in [0, 0.05) is 45.0 Å². The number of anilines is 2. The highest BCUT2D eigenvalue weighted by Gasteiger charge is 2.15. The highest BCUT2D eigenvalue weighted by molar-refractivity contribution is 5.76. The van der Waals surface area contributed by atoms with Crippen LogP contribution >= 0.6 is 0 Å². The van der Waals surface area contributed by atoms with Crippen molar-refractivity contribution in [1.29, 1.82) is 0 Å². The SMILES string of the molecule is CCC(=O)N(Cc1ccccc1)Cc1cc(N)ccc1N(C)C. The molecule has 0 aromatic heterocycles. The van der Waals surface area contributed by atoms with Crippen molar-refractivity contribution in [3.63, 3.8) is 0 Å². The first-order valence-corrected chi connectivity index (χ1v) is 7.88. The molecule has 0 radical (unpaired) electrons. The average molecular weight is 311 g/mol. The topological polar surface area (TPSA) is 49.6 Å². The van der Waals surface area contributed by atoms with E-state index in [0.717, 1.165) is 16.8 Å². The standard InChI is InChI=1S/C19H25N3O/c1-4-19(23)22(13-15-8-6-5-7-9-15)14-16-12-17(20)10-11-18(16)21(2)3/h5-12H,4,13-14,20H2,1-3H3. The molecule has 0 aliphatic rings. The zero-order chi connectivity index (χ0) is 16.8. The Bertz CT molecular complexity index is 653. The third-order valence-electron chi connectivity index (χ3n) is 3.82. The largest absolute Gasteiger partial charge is 0.399 e. The van der Waals surface area contributed by atoms with Crippen LogP contribution in [-0.4, -0.2) is 24.9 Å². The Morgan fingerprint density at radius 1 is 1.04 bits per heavy atom. The summed E-state index contributed by atoms with van der Waals surface area (Å²) < 4.78 is 0. The fraction of sp³-hybridized carbons (Fsp3) is 0.316. The minimum atomic E-state index is 0.140. The van der Waals surface area contributed by atoms with Crippen molar-refractivity contribution < 1.29 is 4.79 Å². The Labute approximate surface area is 138 Å². The molecule has 0 unspecified atom stereocenters. The number of hydrogen-bond donors (Lipinski definition) is 1. The summed E-state index contributed by atoms with van der Waals surface area (Å²) >= 11 is 0. The van der Waals surface area contributed by atoms with Gasteiger partial charge >= 0.3 is 0 Å². The first-order valence-electron chi connectivity index (χ1n) is 7.88. The number of nitrogen functional groups attached to an aromatic ring is 1. The normalized spacial score (nSPS) is 10.4. The fourth-order valence-electron chi connectivity index (χ4n) is 2.63. The Morgan fingerprint density at radius 2 is 1.74 bits per heavy atom. The number of amides is 1. The predicted octanol–water partition coefficient (Wildman–Crippen LogP) is 3.27. The summed E-state index contributed by atoms with van der Waals surface area (Å²) in [6.45, 7) is 3.06. The zero-order valence-electron chi connectivity index (χ0n) is 14.1. The van der Waals surface area contributed by atoms with Gasteiger partial charge in [-0.3, -0.25) is 4.79 Å². The van der Waals surface area contributed by atoms with Crippen LogP contribution in [0, 0.1) is 0 Å². The van der Waals surface area contributed by atoms with Gasteiger partial charge in [0.25, 0.3) is 0 Å². The van der Waals surface area contributed by atoms with Crippen molar-refractivity contribution in [3.05, 3.63) is 59.7 Å². The summed E-state index contributed by atoms with van der Waals surface area (Å²) in [5.74, 6) is 0.140. The summed E-state index contributed by atoms with van der Waals surface area (Å²) in [5, 5.41) is 0. The smallest absolute Gasteiger partial charge is 0.222 e. The number of benzene rings is 2. The van der Waals surface area contributed by atoms with E-state index in [1.165, 1.54) is 0 Å². The monoisotopic (exact) mass is 311 g/mol.